The lowest BCUT2D eigenvalue weighted by Gasteiger charge is -2.21. The van der Waals surface area contributed by atoms with Crippen molar-refractivity contribution in [1.29, 1.82) is 0 Å². The average molecular weight is 324 g/mol. The standard InChI is InChI=1S/C15H20N2O4S/c1-9(2)12(13(18)17-15(16)20)21-14(19)10(3)22-11-7-5-4-6-8-11/h4-10,12H,1-3H3,(H3,16,17,18,20)/t10-,12+/m0/s1. The Morgan fingerprint density at radius 2 is 1.73 bits per heavy atom. The number of urea groups is 1. The van der Waals surface area contributed by atoms with Gasteiger partial charge in [0.25, 0.3) is 5.91 Å². The van der Waals surface area contributed by atoms with E-state index < -0.39 is 29.3 Å². The van der Waals surface area contributed by atoms with E-state index in [1.54, 1.807) is 20.8 Å². The van der Waals surface area contributed by atoms with E-state index >= 15 is 0 Å². The van der Waals surface area contributed by atoms with E-state index in [1.165, 1.54) is 11.8 Å². The summed E-state index contributed by atoms with van der Waals surface area (Å²) >= 11 is 1.33. The SMILES string of the molecule is CC(C)[C@@H](OC(=O)[C@H](C)Sc1ccccc1)C(=O)NC(N)=O. The van der Waals surface area contributed by atoms with Crippen molar-refractivity contribution < 1.29 is 19.1 Å². The number of carbonyl (C=O) groups excluding carboxylic acids is 3. The second-order valence-corrected chi connectivity index (χ2v) is 6.44. The summed E-state index contributed by atoms with van der Waals surface area (Å²) in [5.41, 5.74) is 4.91. The number of nitrogens with one attached hydrogen (secondary N) is 1. The first-order valence-corrected chi connectivity index (χ1v) is 7.71. The first-order valence-electron chi connectivity index (χ1n) is 6.83. The number of amides is 3. The third-order valence-corrected chi connectivity index (χ3v) is 3.83. The van der Waals surface area contributed by atoms with E-state index in [0.717, 1.165) is 4.90 Å². The monoisotopic (exact) mass is 324 g/mol. The van der Waals surface area contributed by atoms with Gasteiger partial charge in [-0.2, -0.15) is 0 Å². The fourth-order valence-electron chi connectivity index (χ4n) is 1.66. The second-order valence-electron chi connectivity index (χ2n) is 5.03. The molecule has 0 radical (unpaired) electrons. The first kappa shape index (κ1) is 18.0. The lowest BCUT2D eigenvalue weighted by molar-refractivity contribution is -0.157. The quantitative estimate of drug-likeness (QED) is 0.615. The first-order chi connectivity index (χ1) is 10.3. The molecule has 120 valence electrons. The minimum Gasteiger partial charge on any atom is -0.451 e. The fourth-order valence-corrected chi connectivity index (χ4v) is 2.53. The third-order valence-electron chi connectivity index (χ3n) is 2.74. The number of nitrogens with two attached hydrogens (primary N) is 1. The molecule has 0 spiro atoms. The van der Waals surface area contributed by atoms with Gasteiger partial charge in [-0.25, -0.2) is 4.79 Å². The molecule has 2 atom stereocenters. The van der Waals surface area contributed by atoms with Crippen molar-refractivity contribution in [2.24, 2.45) is 11.7 Å². The molecule has 0 heterocycles. The van der Waals surface area contributed by atoms with Crippen LogP contribution < -0.4 is 11.1 Å². The number of carbonyl (C=O) groups is 3. The van der Waals surface area contributed by atoms with Crippen LogP contribution in [0.4, 0.5) is 4.79 Å². The lowest BCUT2D eigenvalue weighted by atomic mass is 10.1. The normalized spacial score (nSPS) is 13.3. The highest BCUT2D eigenvalue weighted by molar-refractivity contribution is 8.00. The maximum Gasteiger partial charge on any atom is 0.319 e. The zero-order valence-corrected chi connectivity index (χ0v) is 13.6. The highest BCUT2D eigenvalue weighted by Gasteiger charge is 2.29. The van der Waals surface area contributed by atoms with Crippen molar-refractivity contribution in [2.45, 2.75) is 37.0 Å². The van der Waals surface area contributed by atoms with E-state index in [1.807, 2.05) is 35.6 Å². The molecule has 0 saturated carbocycles. The summed E-state index contributed by atoms with van der Waals surface area (Å²) in [5, 5.41) is 1.45. The number of imide groups is 1. The van der Waals surface area contributed by atoms with E-state index in [-0.39, 0.29) is 5.92 Å². The average Bonchev–Trinajstić information content (AvgIpc) is 2.44. The summed E-state index contributed by atoms with van der Waals surface area (Å²) in [5.74, 6) is -1.52. The van der Waals surface area contributed by atoms with Crippen LogP contribution in [0.25, 0.3) is 0 Å². The predicted octanol–water partition coefficient (Wildman–Crippen LogP) is 1.93. The minimum absolute atomic E-state index is 0.280. The molecule has 0 aliphatic carbocycles. The predicted molar refractivity (Wildman–Crippen MR) is 84.2 cm³/mol. The van der Waals surface area contributed by atoms with Gasteiger partial charge >= 0.3 is 12.0 Å². The van der Waals surface area contributed by atoms with Gasteiger partial charge in [0, 0.05) is 4.90 Å². The summed E-state index contributed by atoms with van der Waals surface area (Å²) in [7, 11) is 0. The smallest absolute Gasteiger partial charge is 0.319 e. The molecule has 0 aliphatic heterocycles. The molecule has 0 unspecified atom stereocenters. The van der Waals surface area contributed by atoms with Gasteiger partial charge in [0.05, 0.1) is 0 Å². The van der Waals surface area contributed by atoms with Crippen LogP contribution in [0.15, 0.2) is 35.2 Å². The summed E-state index contributed by atoms with van der Waals surface area (Å²) in [4.78, 5) is 35.6. The molecule has 1 aromatic rings. The number of thioether (sulfide) groups is 1. The molecule has 0 aromatic heterocycles. The van der Waals surface area contributed by atoms with E-state index in [2.05, 4.69) is 0 Å². The molecular formula is C15H20N2O4S. The zero-order chi connectivity index (χ0) is 16.7. The van der Waals surface area contributed by atoms with Gasteiger partial charge in [-0.3, -0.25) is 14.9 Å². The Labute approximate surface area is 133 Å². The maximum absolute atomic E-state index is 12.1. The molecule has 22 heavy (non-hydrogen) atoms. The highest BCUT2D eigenvalue weighted by atomic mass is 32.2. The van der Waals surface area contributed by atoms with Crippen LogP contribution in [0, 0.1) is 5.92 Å². The number of rotatable bonds is 6. The van der Waals surface area contributed by atoms with Crippen LogP contribution in [0.1, 0.15) is 20.8 Å². The highest BCUT2D eigenvalue weighted by Crippen LogP contribution is 2.24. The van der Waals surface area contributed by atoms with Crippen LogP contribution in [0.2, 0.25) is 0 Å². The van der Waals surface area contributed by atoms with Crippen LogP contribution in [0.3, 0.4) is 0 Å². The fraction of sp³-hybridized carbons (Fsp3) is 0.400. The molecule has 0 fully saturated rings. The molecular weight excluding hydrogens is 304 g/mol. The molecule has 0 bridgehead atoms. The van der Waals surface area contributed by atoms with Crippen LogP contribution in [0.5, 0.6) is 0 Å². The van der Waals surface area contributed by atoms with Crippen molar-refractivity contribution >= 4 is 29.7 Å². The van der Waals surface area contributed by atoms with Gasteiger partial charge < -0.3 is 10.5 Å². The number of hydrogen-bond donors (Lipinski definition) is 2. The zero-order valence-electron chi connectivity index (χ0n) is 12.7. The largest absolute Gasteiger partial charge is 0.451 e. The minimum atomic E-state index is -1.06. The molecule has 0 saturated heterocycles. The number of primary amides is 1. The Morgan fingerprint density at radius 3 is 2.23 bits per heavy atom. The van der Waals surface area contributed by atoms with Gasteiger partial charge in [0.1, 0.15) is 5.25 Å². The Bertz CT molecular complexity index is 534. The molecule has 1 rings (SSSR count). The number of benzene rings is 1. The van der Waals surface area contributed by atoms with Gasteiger partial charge in [-0.15, -0.1) is 11.8 Å². The Balaban J connectivity index is 2.66. The van der Waals surface area contributed by atoms with Crippen LogP contribution in [-0.4, -0.2) is 29.3 Å². The van der Waals surface area contributed by atoms with Gasteiger partial charge in [-0.1, -0.05) is 32.0 Å². The third kappa shape index (κ3) is 5.77. The van der Waals surface area contributed by atoms with Crippen molar-refractivity contribution in [2.75, 3.05) is 0 Å². The van der Waals surface area contributed by atoms with Gasteiger partial charge in [0.15, 0.2) is 6.10 Å². The van der Waals surface area contributed by atoms with Crippen molar-refractivity contribution in [3.05, 3.63) is 30.3 Å². The Hall–Kier alpha value is -2.02. The summed E-state index contributed by atoms with van der Waals surface area (Å²) in [6.45, 7) is 5.13. The van der Waals surface area contributed by atoms with Crippen molar-refractivity contribution in [1.82, 2.24) is 5.32 Å². The summed E-state index contributed by atoms with van der Waals surface area (Å²) in [6.07, 6.45) is -1.06. The van der Waals surface area contributed by atoms with E-state index in [4.69, 9.17) is 10.5 Å². The molecule has 0 aliphatic rings. The number of hydrogen-bond acceptors (Lipinski definition) is 5. The van der Waals surface area contributed by atoms with Crippen molar-refractivity contribution in [3.8, 4) is 0 Å². The van der Waals surface area contributed by atoms with E-state index in [0.29, 0.717) is 0 Å². The molecule has 3 N–H and O–H groups in total. The van der Waals surface area contributed by atoms with E-state index in [9.17, 15) is 14.4 Å². The molecule has 6 nitrogen and oxygen atoms in total. The summed E-state index contributed by atoms with van der Waals surface area (Å²) in [6, 6.07) is 8.42. The number of ether oxygens (including phenoxy) is 1. The topological polar surface area (TPSA) is 98.5 Å². The van der Waals surface area contributed by atoms with Gasteiger partial charge in [-0.05, 0) is 25.0 Å². The lowest BCUT2D eigenvalue weighted by Crippen LogP contribution is -2.46. The maximum atomic E-state index is 12.1. The summed E-state index contributed by atoms with van der Waals surface area (Å²) < 4.78 is 5.23. The Kier molecular flexibility index (Phi) is 6.91. The van der Waals surface area contributed by atoms with Gasteiger partial charge in [0.2, 0.25) is 0 Å². The number of esters is 1. The van der Waals surface area contributed by atoms with Crippen LogP contribution >= 0.6 is 11.8 Å². The van der Waals surface area contributed by atoms with Crippen molar-refractivity contribution in [3.63, 3.8) is 0 Å². The molecule has 3 amide bonds. The second kappa shape index (κ2) is 8.43. The molecule has 7 heteroatoms. The van der Waals surface area contributed by atoms with Crippen LogP contribution in [-0.2, 0) is 14.3 Å². The molecule has 1 aromatic carbocycles. The Morgan fingerprint density at radius 1 is 1.14 bits per heavy atom.